The third-order valence-corrected chi connectivity index (χ3v) is 5.40. The van der Waals surface area contributed by atoms with E-state index in [-0.39, 0.29) is 12.7 Å². The zero-order valence-electron chi connectivity index (χ0n) is 13.9. The predicted molar refractivity (Wildman–Crippen MR) is 103 cm³/mol. The minimum Gasteiger partial charge on any atom is -0.454 e. The van der Waals surface area contributed by atoms with Gasteiger partial charge >= 0.3 is 0 Å². The summed E-state index contributed by atoms with van der Waals surface area (Å²) in [5.41, 5.74) is 1.76. The van der Waals surface area contributed by atoms with E-state index in [1.54, 1.807) is 12.1 Å². The van der Waals surface area contributed by atoms with Gasteiger partial charge in [-0.15, -0.1) is 0 Å². The highest BCUT2D eigenvalue weighted by atomic mass is 35.5. The van der Waals surface area contributed by atoms with Gasteiger partial charge in [-0.2, -0.15) is 4.99 Å². The van der Waals surface area contributed by atoms with Gasteiger partial charge < -0.3 is 14.0 Å². The number of aromatic nitrogens is 1. The molecule has 1 amide bonds. The van der Waals surface area contributed by atoms with E-state index in [2.05, 4.69) is 4.99 Å². The minimum atomic E-state index is -0.335. The number of aryl methyl sites for hydroxylation is 1. The molecule has 2 aromatic carbocycles. The molecule has 5 nitrogen and oxygen atoms in total. The molecule has 1 aliphatic heterocycles. The topological polar surface area (TPSA) is 52.8 Å². The predicted octanol–water partition coefficient (Wildman–Crippen LogP) is 4.25. The van der Waals surface area contributed by atoms with E-state index >= 15 is 0 Å². The number of amides is 1. The van der Waals surface area contributed by atoms with Crippen molar-refractivity contribution in [2.75, 3.05) is 6.79 Å². The second kappa shape index (κ2) is 6.97. The number of fused-ring (bicyclic) bond motifs is 2. The van der Waals surface area contributed by atoms with Gasteiger partial charge in [0, 0.05) is 29.8 Å². The molecule has 7 heteroatoms. The number of nitrogens with zero attached hydrogens (tertiary/aromatic N) is 2. The van der Waals surface area contributed by atoms with Crippen molar-refractivity contribution in [3.63, 3.8) is 0 Å². The van der Waals surface area contributed by atoms with Crippen molar-refractivity contribution < 1.29 is 14.3 Å². The lowest BCUT2D eigenvalue weighted by atomic mass is 10.2. The Morgan fingerprint density at radius 2 is 2.08 bits per heavy atom. The van der Waals surface area contributed by atoms with Crippen molar-refractivity contribution in [2.45, 2.75) is 13.5 Å². The molecule has 132 valence electrons. The molecule has 0 radical (unpaired) electrons. The SMILES string of the molecule is CCn1c(=NC(=O)C=Cc2ccccc2Cl)sc2cc3c(cc21)OCO3. The largest absolute Gasteiger partial charge is 0.454 e. The van der Waals surface area contributed by atoms with Gasteiger partial charge in [-0.1, -0.05) is 41.1 Å². The molecule has 0 N–H and O–H groups in total. The molecule has 1 aliphatic rings. The number of hydrogen-bond donors (Lipinski definition) is 0. The van der Waals surface area contributed by atoms with E-state index in [9.17, 15) is 4.79 Å². The first-order chi connectivity index (χ1) is 12.7. The summed E-state index contributed by atoms with van der Waals surface area (Å²) >= 11 is 7.55. The molecule has 0 saturated heterocycles. The molecule has 0 fully saturated rings. The van der Waals surface area contributed by atoms with Crippen molar-refractivity contribution in [3.05, 3.63) is 57.9 Å². The first-order valence-corrected chi connectivity index (χ1v) is 9.29. The highest BCUT2D eigenvalue weighted by Gasteiger charge is 2.17. The van der Waals surface area contributed by atoms with Crippen LogP contribution in [0.3, 0.4) is 0 Å². The molecule has 1 aromatic heterocycles. The monoisotopic (exact) mass is 386 g/mol. The summed E-state index contributed by atoms with van der Waals surface area (Å²) in [6.07, 6.45) is 3.10. The maximum Gasteiger partial charge on any atom is 0.272 e. The Hall–Kier alpha value is -2.57. The van der Waals surface area contributed by atoms with Crippen LogP contribution < -0.4 is 14.3 Å². The van der Waals surface area contributed by atoms with Crippen molar-refractivity contribution in [2.24, 2.45) is 4.99 Å². The molecule has 2 heterocycles. The van der Waals surface area contributed by atoms with Crippen molar-refractivity contribution in [3.8, 4) is 11.5 Å². The van der Waals surface area contributed by atoms with Gasteiger partial charge in [0.1, 0.15) is 0 Å². The molecule has 26 heavy (non-hydrogen) atoms. The van der Waals surface area contributed by atoms with E-state index < -0.39 is 0 Å². The molecule has 0 spiro atoms. The van der Waals surface area contributed by atoms with Gasteiger partial charge in [0.25, 0.3) is 5.91 Å². The average Bonchev–Trinajstić information content (AvgIpc) is 3.21. The number of hydrogen-bond acceptors (Lipinski definition) is 4. The van der Waals surface area contributed by atoms with E-state index in [1.807, 2.05) is 41.8 Å². The summed E-state index contributed by atoms with van der Waals surface area (Å²) in [4.78, 5) is 17.2. The summed E-state index contributed by atoms with van der Waals surface area (Å²) in [7, 11) is 0. The van der Waals surface area contributed by atoms with Crippen molar-refractivity contribution in [1.29, 1.82) is 0 Å². The molecule has 0 unspecified atom stereocenters. The second-order valence-electron chi connectivity index (χ2n) is 5.61. The Balaban J connectivity index is 1.71. The molecule has 0 atom stereocenters. The second-order valence-corrected chi connectivity index (χ2v) is 7.02. The van der Waals surface area contributed by atoms with Gasteiger partial charge in [0.2, 0.25) is 6.79 Å². The van der Waals surface area contributed by atoms with E-state index in [4.69, 9.17) is 21.1 Å². The fourth-order valence-electron chi connectivity index (χ4n) is 2.75. The van der Waals surface area contributed by atoms with E-state index in [0.717, 1.165) is 21.5 Å². The Kier molecular flexibility index (Phi) is 4.53. The normalized spacial score (nSPS) is 13.8. The van der Waals surface area contributed by atoms with Crippen LogP contribution in [0.15, 0.2) is 47.5 Å². The lowest BCUT2D eigenvalue weighted by Crippen LogP contribution is -2.15. The summed E-state index contributed by atoms with van der Waals surface area (Å²) in [5.74, 6) is 1.10. The zero-order chi connectivity index (χ0) is 18.1. The van der Waals surface area contributed by atoms with Crippen LogP contribution in [0.1, 0.15) is 12.5 Å². The minimum absolute atomic E-state index is 0.237. The number of halogens is 1. The zero-order valence-corrected chi connectivity index (χ0v) is 15.5. The molecule has 0 bridgehead atoms. The number of rotatable bonds is 3. The van der Waals surface area contributed by atoms with Gasteiger partial charge in [-0.05, 0) is 24.6 Å². The number of ether oxygens (including phenoxy) is 2. The summed E-state index contributed by atoms with van der Waals surface area (Å²) in [6.45, 7) is 2.95. The Bertz CT molecular complexity index is 1100. The van der Waals surface area contributed by atoms with Gasteiger partial charge in [0.15, 0.2) is 16.3 Å². The number of benzene rings is 2. The lowest BCUT2D eigenvalue weighted by Gasteiger charge is -2.01. The molecule has 0 saturated carbocycles. The molecular formula is C19H15ClN2O3S. The van der Waals surface area contributed by atoms with Crippen LogP contribution in [0, 0.1) is 0 Å². The van der Waals surface area contributed by atoms with Crippen LogP contribution in [-0.2, 0) is 11.3 Å². The first kappa shape index (κ1) is 16.9. The van der Waals surface area contributed by atoms with Crippen LogP contribution in [0.4, 0.5) is 0 Å². The Morgan fingerprint density at radius 1 is 1.31 bits per heavy atom. The van der Waals surface area contributed by atoms with E-state index in [1.165, 1.54) is 17.4 Å². The maximum atomic E-state index is 12.3. The van der Waals surface area contributed by atoms with E-state index in [0.29, 0.717) is 22.1 Å². The fourth-order valence-corrected chi connectivity index (χ4v) is 4.06. The Morgan fingerprint density at radius 3 is 2.85 bits per heavy atom. The van der Waals surface area contributed by atoms with Gasteiger partial charge in [-0.3, -0.25) is 4.79 Å². The highest BCUT2D eigenvalue weighted by molar-refractivity contribution is 7.16. The number of thiazole rings is 1. The smallest absolute Gasteiger partial charge is 0.272 e. The average molecular weight is 387 g/mol. The maximum absolute atomic E-state index is 12.3. The quantitative estimate of drug-likeness (QED) is 0.632. The molecular weight excluding hydrogens is 372 g/mol. The van der Waals surface area contributed by atoms with Crippen LogP contribution in [0.5, 0.6) is 11.5 Å². The molecule has 3 aromatic rings. The van der Waals surface area contributed by atoms with Crippen molar-refractivity contribution in [1.82, 2.24) is 4.57 Å². The molecule has 0 aliphatic carbocycles. The number of carbonyl (C=O) groups is 1. The fraction of sp³-hybridized carbons (Fsp3) is 0.158. The van der Waals surface area contributed by atoms with Gasteiger partial charge in [-0.25, -0.2) is 0 Å². The first-order valence-electron chi connectivity index (χ1n) is 8.10. The highest BCUT2D eigenvalue weighted by Crippen LogP contribution is 2.36. The summed E-state index contributed by atoms with van der Waals surface area (Å²) in [6, 6.07) is 11.2. The Labute approximate surface area is 158 Å². The van der Waals surface area contributed by atoms with Gasteiger partial charge in [0.05, 0.1) is 10.2 Å². The van der Waals surface area contributed by atoms with Crippen LogP contribution >= 0.6 is 22.9 Å². The lowest BCUT2D eigenvalue weighted by molar-refractivity contribution is -0.113. The van der Waals surface area contributed by atoms with Crippen LogP contribution in [-0.4, -0.2) is 17.3 Å². The summed E-state index contributed by atoms with van der Waals surface area (Å²) in [5, 5.41) is 0.594. The van der Waals surface area contributed by atoms with Crippen LogP contribution in [0.25, 0.3) is 16.3 Å². The molecule has 4 rings (SSSR count). The number of carbonyl (C=O) groups excluding carboxylic acids is 1. The summed E-state index contributed by atoms with van der Waals surface area (Å²) < 4.78 is 13.9. The third-order valence-electron chi connectivity index (χ3n) is 4.01. The third kappa shape index (κ3) is 3.13. The van der Waals surface area contributed by atoms with Crippen LogP contribution in [0.2, 0.25) is 5.02 Å². The van der Waals surface area contributed by atoms with Crippen molar-refractivity contribution >= 4 is 45.1 Å². The standard InChI is InChI=1S/C19H15ClN2O3S/c1-2-22-14-9-15-16(25-11-24-15)10-17(14)26-19(22)21-18(23)8-7-12-5-3-4-6-13(12)20/h3-10H,2,11H2,1H3.